The summed E-state index contributed by atoms with van der Waals surface area (Å²) in [6, 6.07) is 14.9. The van der Waals surface area contributed by atoms with Gasteiger partial charge in [0.15, 0.2) is 0 Å². The van der Waals surface area contributed by atoms with Crippen LogP contribution in [-0.2, 0) is 36.6 Å². The molecule has 2 aromatic carbocycles. The summed E-state index contributed by atoms with van der Waals surface area (Å²) in [7, 11) is 0. The number of alkyl carbamates (subject to hydrolysis) is 1. The highest BCUT2D eigenvalue weighted by atomic mass is 16.6. The van der Waals surface area contributed by atoms with E-state index in [1.807, 2.05) is 50.2 Å². The van der Waals surface area contributed by atoms with Gasteiger partial charge in [-0.25, -0.2) is 9.59 Å². The number of benzene rings is 2. The molecular formula is C31H38N4O6. The zero-order valence-corrected chi connectivity index (χ0v) is 24.5. The summed E-state index contributed by atoms with van der Waals surface area (Å²) in [5.74, 6) is -0.334. The van der Waals surface area contributed by atoms with Crippen molar-refractivity contribution in [1.82, 2.24) is 20.1 Å². The second-order valence-corrected chi connectivity index (χ2v) is 11.2. The lowest BCUT2D eigenvalue weighted by atomic mass is 9.98. The van der Waals surface area contributed by atoms with E-state index in [0.717, 1.165) is 22.3 Å². The number of esters is 2. The first-order valence-electron chi connectivity index (χ1n) is 13.9. The SMILES string of the molecule is CCOC(=O)Cc1nnc(C[C@H](NC(=O)OCC2c3ccccc3-c3ccccc32)C(=O)OC(C)(C)C)n1C(C)C. The molecule has 1 amide bonds. The van der Waals surface area contributed by atoms with Crippen molar-refractivity contribution in [3.8, 4) is 11.1 Å². The Kier molecular flexibility index (Phi) is 9.10. The van der Waals surface area contributed by atoms with Crippen molar-refractivity contribution in [1.29, 1.82) is 0 Å². The van der Waals surface area contributed by atoms with Gasteiger partial charge >= 0.3 is 18.0 Å². The van der Waals surface area contributed by atoms with Crippen LogP contribution in [-0.4, -0.2) is 57.7 Å². The van der Waals surface area contributed by atoms with Crippen LogP contribution < -0.4 is 5.32 Å². The summed E-state index contributed by atoms with van der Waals surface area (Å²) < 4.78 is 18.1. The topological polar surface area (TPSA) is 122 Å². The van der Waals surface area contributed by atoms with Crippen LogP contribution in [0.1, 0.15) is 76.3 Å². The minimum atomic E-state index is -1.10. The van der Waals surface area contributed by atoms with E-state index in [1.54, 1.807) is 32.3 Å². The molecule has 10 nitrogen and oxygen atoms in total. The van der Waals surface area contributed by atoms with Gasteiger partial charge in [-0.2, -0.15) is 0 Å². The van der Waals surface area contributed by atoms with Crippen molar-refractivity contribution < 1.29 is 28.6 Å². The van der Waals surface area contributed by atoms with Crippen molar-refractivity contribution in [2.24, 2.45) is 0 Å². The Hall–Kier alpha value is -4.21. The standard InChI is InChI=1S/C31H38N4O6/c1-7-39-28(36)17-27-34-33-26(35(27)19(2)3)16-25(29(37)41-31(4,5)6)32-30(38)40-18-24-22-14-10-8-12-20(22)21-13-9-11-15-23(21)24/h8-15,19,24-25H,7,16-18H2,1-6H3,(H,32,38)/t25-/m0/s1. The smallest absolute Gasteiger partial charge is 0.407 e. The highest BCUT2D eigenvalue weighted by Crippen LogP contribution is 2.44. The van der Waals surface area contributed by atoms with Gasteiger partial charge in [0.25, 0.3) is 0 Å². The van der Waals surface area contributed by atoms with Gasteiger partial charge in [0.1, 0.15) is 36.3 Å². The van der Waals surface area contributed by atoms with Gasteiger partial charge in [-0.1, -0.05) is 48.5 Å². The van der Waals surface area contributed by atoms with Crippen LogP contribution in [0.15, 0.2) is 48.5 Å². The van der Waals surface area contributed by atoms with Crippen LogP contribution in [0.5, 0.6) is 0 Å². The van der Waals surface area contributed by atoms with E-state index >= 15 is 0 Å². The number of aromatic nitrogens is 3. The highest BCUT2D eigenvalue weighted by molar-refractivity contribution is 5.82. The first kappa shape index (κ1) is 29.8. The molecule has 1 aromatic heterocycles. The quantitative estimate of drug-likeness (QED) is 0.277. The van der Waals surface area contributed by atoms with Crippen LogP contribution in [0.3, 0.4) is 0 Å². The molecule has 0 spiro atoms. The fourth-order valence-corrected chi connectivity index (χ4v) is 5.09. The minimum absolute atomic E-state index is 0.00683. The number of carbonyl (C=O) groups is 3. The first-order chi connectivity index (χ1) is 19.5. The van der Waals surface area contributed by atoms with Crippen molar-refractivity contribution in [2.75, 3.05) is 13.2 Å². The third-order valence-electron chi connectivity index (χ3n) is 6.67. The molecule has 1 heterocycles. The molecule has 0 saturated heterocycles. The second kappa shape index (κ2) is 12.5. The highest BCUT2D eigenvalue weighted by Gasteiger charge is 2.32. The normalized spacial score (nSPS) is 13.3. The summed E-state index contributed by atoms with van der Waals surface area (Å²) in [5.41, 5.74) is 3.64. The van der Waals surface area contributed by atoms with Gasteiger partial charge in [-0.15, -0.1) is 10.2 Å². The van der Waals surface area contributed by atoms with Gasteiger partial charge in [-0.05, 0) is 63.8 Å². The number of amides is 1. The van der Waals surface area contributed by atoms with Gasteiger partial charge in [0.2, 0.25) is 0 Å². The second-order valence-electron chi connectivity index (χ2n) is 11.2. The Morgan fingerprint density at radius 2 is 1.51 bits per heavy atom. The van der Waals surface area contributed by atoms with Crippen molar-refractivity contribution >= 4 is 18.0 Å². The predicted octanol–water partition coefficient (Wildman–Crippen LogP) is 4.76. The number of fused-ring (bicyclic) bond motifs is 3. The predicted molar refractivity (Wildman–Crippen MR) is 152 cm³/mol. The molecule has 0 aliphatic heterocycles. The number of nitrogens with zero attached hydrogens (tertiary/aromatic N) is 3. The van der Waals surface area contributed by atoms with Crippen molar-refractivity contribution in [3.05, 3.63) is 71.3 Å². The fraction of sp³-hybridized carbons (Fsp3) is 0.452. The van der Waals surface area contributed by atoms with E-state index in [4.69, 9.17) is 14.2 Å². The van der Waals surface area contributed by atoms with Gasteiger partial charge in [-0.3, -0.25) is 4.79 Å². The van der Waals surface area contributed by atoms with Crippen molar-refractivity contribution in [2.45, 2.75) is 78.0 Å². The van der Waals surface area contributed by atoms with Crippen LogP contribution in [0.25, 0.3) is 11.1 Å². The van der Waals surface area contributed by atoms with Gasteiger partial charge in [0, 0.05) is 18.4 Å². The molecule has 0 bridgehead atoms. The molecular weight excluding hydrogens is 524 g/mol. The van der Waals surface area contributed by atoms with E-state index in [9.17, 15) is 14.4 Å². The summed E-state index contributed by atoms with van der Waals surface area (Å²) in [6.07, 6.45) is -0.812. The number of rotatable bonds is 10. The summed E-state index contributed by atoms with van der Waals surface area (Å²) in [4.78, 5) is 38.4. The van der Waals surface area contributed by atoms with Crippen LogP contribution in [0, 0.1) is 0 Å². The summed E-state index contributed by atoms with van der Waals surface area (Å²) in [6.45, 7) is 11.2. The summed E-state index contributed by atoms with van der Waals surface area (Å²) >= 11 is 0. The van der Waals surface area contributed by atoms with E-state index in [-0.39, 0.29) is 38.0 Å². The number of hydrogen-bond donors (Lipinski definition) is 1. The molecule has 0 radical (unpaired) electrons. The van der Waals surface area contributed by atoms with E-state index in [2.05, 4.69) is 27.6 Å². The first-order valence-corrected chi connectivity index (χ1v) is 13.9. The Morgan fingerprint density at radius 1 is 0.927 bits per heavy atom. The van der Waals surface area contributed by atoms with Crippen LogP contribution >= 0.6 is 0 Å². The van der Waals surface area contributed by atoms with Gasteiger partial charge < -0.3 is 24.1 Å². The monoisotopic (exact) mass is 562 g/mol. The number of ether oxygens (including phenoxy) is 3. The largest absolute Gasteiger partial charge is 0.466 e. The molecule has 4 rings (SSSR count). The van der Waals surface area contributed by atoms with E-state index in [1.165, 1.54) is 0 Å². The lowest BCUT2D eigenvalue weighted by Crippen LogP contribution is -2.46. The maximum Gasteiger partial charge on any atom is 0.407 e. The molecule has 41 heavy (non-hydrogen) atoms. The third kappa shape index (κ3) is 7.11. The van der Waals surface area contributed by atoms with Gasteiger partial charge in [0.05, 0.1) is 6.61 Å². The minimum Gasteiger partial charge on any atom is -0.466 e. The van der Waals surface area contributed by atoms with E-state index in [0.29, 0.717) is 11.6 Å². The molecule has 0 unspecified atom stereocenters. The molecule has 1 N–H and O–H groups in total. The van der Waals surface area contributed by atoms with Crippen molar-refractivity contribution in [3.63, 3.8) is 0 Å². The molecule has 218 valence electrons. The molecule has 0 saturated carbocycles. The fourth-order valence-electron chi connectivity index (χ4n) is 5.09. The molecule has 1 aliphatic rings. The zero-order valence-electron chi connectivity index (χ0n) is 24.5. The Bertz CT molecular complexity index is 1360. The average Bonchev–Trinajstić information content (AvgIpc) is 3.44. The molecule has 3 aromatic rings. The Morgan fingerprint density at radius 3 is 2.07 bits per heavy atom. The molecule has 0 fully saturated rings. The third-order valence-corrected chi connectivity index (χ3v) is 6.67. The Labute approximate surface area is 240 Å². The lowest BCUT2D eigenvalue weighted by Gasteiger charge is -2.25. The molecule has 1 aliphatic carbocycles. The lowest BCUT2D eigenvalue weighted by molar-refractivity contribution is -0.157. The Balaban J connectivity index is 1.51. The zero-order chi connectivity index (χ0) is 29.7. The molecule has 10 heteroatoms. The van der Waals surface area contributed by atoms with E-state index < -0.39 is 29.7 Å². The van der Waals surface area contributed by atoms with Crippen LogP contribution in [0.4, 0.5) is 4.79 Å². The maximum absolute atomic E-state index is 13.2. The number of hydrogen-bond acceptors (Lipinski definition) is 8. The van der Waals surface area contributed by atoms with Crippen LogP contribution in [0.2, 0.25) is 0 Å². The maximum atomic E-state index is 13.2. The number of nitrogens with one attached hydrogen (secondary N) is 1. The average molecular weight is 563 g/mol. The number of carbonyl (C=O) groups excluding carboxylic acids is 3. The summed E-state index contributed by atoms with van der Waals surface area (Å²) in [5, 5.41) is 11.1. The molecule has 1 atom stereocenters.